The summed E-state index contributed by atoms with van der Waals surface area (Å²) in [4.78, 5) is 25.8. The van der Waals surface area contributed by atoms with Gasteiger partial charge in [0.2, 0.25) is 5.91 Å². The second-order valence-corrected chi connectivity index (χ2v) is 5.48. The Bertz CT molecular complexity index is 707. The summed E-state index contributed by atoms with van der Waals surface area (Å²) in [6.07, 6.45) is 4.79. The Kier molecular flexibility index (Phi) is 6.25. The normalized spacial score (nSPS) is 10.6. The highest BCUT2D eigenvalue weighted by Gasteiger charge is 2.06. The topological polar surface area (TPSA) is 97.5 Å². The number of nitro benzene ring substituents is 1. The summed E-state index contributed by atoms with van der Waals surface area (Å²) in [7, 11) is 0. The fourth-order valence-corrected chi connectivity index (χ4v) is 2.45. The van der Waals surface area contributed by atoms with Crippen LogP contribution in [0.3, 0.4) is 0 Å². The van der Waals surface area contributed by atoms with Gasteiger partial charge in [-0.1, -0.05) is 18.2 Å². The predicted octanol–water partition coefficient (Wildman–Crippen LogP) is 2.37. The third-order valence-electron chi connectivity index (χ3n) is 2.71. The molecule has 1 amide bonds. The second kappa shape index (κ2) is 8.64. The summed E-state index contributed by atoms with van der Waals surface area (Å²) >= 11 is 1.36. The number of pyridine rings is 1. The number of amides is 1. The lowest BCUT2D eigenvalue weighted by Crippen LogP contribution is -2.19. The van der Waals surface area contributed by atoms with Crippen LogP contribution < -0.4 is 5.43 Å². The van der Waals surface area contributed by atoms with Gasteiger partial charge in [-0.15, -0.1) is 11.8 Å². The van der Waals surface area contributed by atoms with Crippen molar-refractivity contribution in [2.45, 2.75) is 5.75 Å². The molecule has 0 aliphatic heterocycles. The zero-order valence-electron chi connectivity index (χ0n) is 12.1. The van der Waals surface area contributed by atoms with Gasteiger partial charge in [-0.05, 0) is 11.6 Å². The number of non-ortho nitro benzene ring substituents is 1. The molecule has 118 valence electrons. The number of aromatic nitrogens is 1. The first-order valence-corrected chi connectivity index (χ1v) is 7.83. The minimum absolute atomic E-state index is 0.0497. The Hall–Kier alpha value is -2.74. The molecule has 0 saturated heterocycles. The zero-order chi connectivity index (χ0) is 16.5. The summed E-state index contributed by atoms with van der Waals surface area (Å²) in [6.45, 7) is 0. The zero-order valence-corrected chi connectivity index (χ0v) is 12.9. The molecule has 0 fully saturated rings. The van der Waals surface area contributed by atoms with Gasteiger partial charge in [0.15, 0.2) is 0 Å². The second-order valence-electron chi connectivity index (χ2n) is 4.50. The van der Waals surface area contributed by atoms with Crippen LogP contribution in [0.15, 0.2) is 53.9 Å². The summed E-state index contributed by atoms with van der Waals surface area (Å²) in [5.41, 5.74) is 4.06. The van der Waals surface area contributed by atoms with Crippen LogP contribution in [0, 0.1) is 10.1 Å². The number of benzene rings is 1. The maximum Gasteiger partial charge on any atom is 0.269 e. The average Bonchev–Trinajstić information content (AvgIpc) is 2.56. The highest BCUT2D eigenvalue weighted by molar-refractivity contribution is 7.99. The maximum absolute atomic E-state index is 11.6. The standard InChI is InChI=1S/C15H14N4O3S/c20-15(18-17-9-13-4-2-6-16-8-13)11-23-10-12-3-1-5-14(7-12)19(21)22/h1-9H,10-11H2,(H,18,20)/b17-9-. The average molecular weight is 330 g/mol. The molecule has 0 aliphatic carbocycles. The van der Waals surface area contributed by atoms with Crippen molar-refractivity contribution in [3.05, 3.63) is 70.0 Å². The minimum Gasteiger partial charge on any atom is -0.272 e. The molecule has 0 spiro atoms. The first kappa shape index (κ1) is 16.6. The Balaban J connectivity index is 1.73. The summed E-state index contributed by atoms with van der Waals surface area (Å²) < 4.78 is 0. The fourth-order valence-electron chi connectivity index (χ4n) is 1.68. The predicted molar refractivity (Wildman–Crippen MR) is 89.2 cm³/mol. The molecular formula is C15H14N4O3S. The summed E-state index contributed by atoms with van der Waals surface area (Å²) in [5, 5.41) is 14.5. The van der Waals surface area contributed by atoms with Crippen LogP contribution in [-0.4, -0.2) is 27.8 Å². The van der Waals surface area contributed by atoms with Crippen LogP contribution >= 0.6 is 11.8 Å². The highest BCUT2D eigenvalue weighted by atomic mass is 32.2. The van der Waals surface area contributed by atoms with Crippen molar-refractivity contribution in [3.63, 3.8) is 0 Å². The van der Waals surface area contributed by atoms with Gasteiger partial charge >= 0.3 is 0 Å². The van der Waals surface area contributed by atoms with Crippen molar-refractivity contribution in [3.8, 4) is 0 Å². The summed E-state index contributed by atoms with van der Waals surface area (Å²) in [6, 6.07) is 9.96. The van der Waals surface area contributed by atoms with E-state index in [4.69, 9.17) is 0 Å². The number of hydrogen-bond donors (Lipinski definition) is 1. The maximum atomic E-state index is 11.6. The first-order valence-electron chi connectivity index (χ1n) is 6.68. The molecule has 1 aromatic heterocycles. The molecule has 0 radical (unpaired) electrons. The number of nitrogens with zero attached hydrogens (tertiary/aromatic N) is 3. The smallest absolute Gasteiger partial charge is 0.269 e. The molecule has 7 nitrogen and oxygen atoms in total. The van der Waals surface area contributed by atoms with E-state index in [0.29, 0.717) is 5.75 Å². The summed E-state index contributed by atoms with van der Waals surface area (Å²) in [5.74, 6) is 0.495. The van der Waals surface area contributed by atoms with E-state index in [-0.39, 0.29) is 17.3 Å². The molecule has 1 N–H and O–H groups in total. The highest BCUT2D eigenvalue weighted by Crippen LogP contribution is 2.17. The molecule has 0 unspecified atom stereocenters. The molecule has 0 aliphatic rings. The van der Waals surface area contributed by atoms with Crippen molar-refractivity contribution >= 4 is 29.6 Å². The van der Waals surface area contributed by atoms with E-state index in [9.17, 15) is 14.9 Å². The Morgan fingerprint density at radius 2 is 2.26 bits per heavy atom. The van der Waals surface area contributed by atoms with Gasteiger partial charge in [-0.25, -0.2) is 5.43 Å². The van der Waals surface area contributed by atoms with Crippen LogP contribution in [0.25, 0.3) is 0 Å². The first-order chi connectivity index (χ1) is 11.1. The van der Waals surface area contributed by atoms with E-state index < -0.39 is 4.92 Å². The molecule has 1 aromatic carbocycles. The van der Waals surface area contributed by atoms with E-state index in [1.807, 2.05) is 6.07 Å². The van der Waals surface area contributed by atoms with E-state index in [0.717, 1.165) is 11.1 Å². The van der Waals surface area contributed by atoms with Gasteiger partial charge < -0.3 is 0 Å². The van der Waals surface area contributed by atoms with Gasteiger partial charge in [0.25, 0.3) is 5.69 Å². The molecule has 8 heteroatoms. The lowest BCUT2D eigenvalue weighted by molar-refractivity contribution is -0.384. The number of hydrogen-bond acceptors (Lipinski definition) is 6. The molecular weight excluding hydrogens is 316 g/mol. The van der Waals surface area contributed by atoms with E-state index in [1.165, 1.54) is 30.1 Å². The molecule has 2 aromatic rings. The number of nitro groups is 1. The largest absolute Gasteiger partial charge is 0.272 e. The Morgan fingerprint density at radius 1 is 1.39 bits per heavy atom. The number of rotatable bonds is 7. The van der Waals surface area contributed by atoms with Crippen molar-refractivity contribution in [1.82, 2.24) is 10.4 Å². The monoisotopic (exact) mass is 330 g/mol. The van der Waals surface area contributed by atoms with Crippen LogP contribution in [0.1, 0.15) is 11.1 Å². The lowest BCUT2D eigenvalue weighted by Gasteiger charge is -2.01. The van der Waals surface area contributed by atoms with E-state index in [1.54, 1.807) is 30.6 Å². The van der Waals surface area contributed by atoms with Gasteiger partial charge in [0.05, 0.1) is 16.9 Å². The fraction of sp³-hybridized carbons (Fsp3) is 0.133. The SMILES string of the molecule is O=C(CSCc1cccc([N+](=O)[O-])c1)N/N=C\c1cccnc1. The minimum atomic E-state index is -0.436. The lowest BCUT2D eigenvalue weighted by atomic mass is 10.2. The van der Waals surface area contributed by atoms with Crippen LogP contribution in [0.5, 0.6) is 0 Å². The van der Waals surface area contributed by atoms with E-state index in [2.05, 4.69) is 15.5 Å². The van der Waals surface area contributed by atoms with Gasteiger partial charge in [-0.3, -0.25) is 19.9 Å². The van der Waals surface area contributed by atoms with Gasteiger partial charge in [-0.2, -0.15) is 5.10 Å². The molecule has 23 heavy (non-hydrogen) atoms. The number of carbonyl (C=O) groups excluding carboxylic acids is 1. The van der Waals surface area contributed by atoms with Crippen molar-refractivity contribution < 1.29 is 9.72 Å². The quantitative estimate of drug-likeness (QED) is 0.477. The van der Waals surface area contributed by atoms with Crippen molar-refractivity contribution in [1.29, 1.82) is 0 Å². The number of thioether (sulfide) groups is 1. The van der Waals surface area contributed by atoms with Gasteiger partial charge in [0, 0.05) is 35.8 Å². The molecule has 1 heterocycles. The van der Waals surface area contributed by atoms with Crippen LogP contribution in [0.2, 0.25) is 0 Å². The molecule has 0 bridgehead atoms. The van der Waals surface area contributed by atoms with Crippen LogP contribution in [0.4, 0.5) is 5.69 Å². The third kappa shape index (κ3) is 5.87. The number of nitrogens with one attached hydrogen (secondary N) is 1. The third-order valence-corrected chi connectivity index (χ3v) is 3.71. The van der Waals surface area contributed by atoms with Gasteiger partial charge in [0.1, 0.15) is 0 Å². The van der Waals surface area contributed by atoms with Crippen molar-refractivity contribution in [2.24, 2.45) is 5.10 Å². The number of carbonyl (C=O) groups is 1. The molecule has 0 saturated carbocycles. The Morgan fingerprint density at radius 3 is 3.00 bits per heavy atom. The molecule has 2 rings (SSSR count). The number of hydrazone groups is 1. The van der Waals surface area contributed by atoms with Crippen molar-refractivity contribution in [2.75, 3.05) is 5.75 Å². The molecule has 0 atom stereocenters. The van der Waals surface area contributed by atoms with E-state index >= 15 is 0 Å². The van der Waals surface area contributed by atoms with Crippen LogP contribution in [-0.2, 0) is 10.5 Å². The Labute approximate surface area is 137 Å².